The van der Waals surface area contributed by atoms with E-state index >= 15 is 0 Å². The SMILES string of the molecule is CC1(C)c2ccccc2-c2c1ccc1c3cccc4c3n(c21)-c1ccccc1C41c2ccccc2-c2ccc(-c3ccc(C#N)c4ccccc34)cc21. The summed E-state index contributed by atoms with van der Waals surface area (Å²) in [5.74, 6) is 0. The molecule has 0 fully saturated rings. The van der Waals surface area contributed by atoms with Gasteiger partial charge >= 0.3 is 0 Å². The van der Waals surface area contributed by atoms with Gasteiger partial charge in [-0.25, -0.2) is 0 Å². The molecule has 1 unspecified atom stereocenters. The molecule has 2 heterocycles. The molecule has 246 valence electrons. The first-order valence-corrected chi connectivity index (χ1v) is 18.5. The zero-order valence-electron chi connectivity index (χ0n) is 29.4. The van der Waals surface area contributed by atoms with Crippen LogP contribution >= 0.6 is 0 Å². The fourth-order valence-electron chi connectivity index (χ4n) is 10.7. The van der Waals surface area contributed by atoms with E-state index in [-0.39, 0.29) is 5.41 Å². The van der Waals surface area contributed by atoms with Gasteiger partial charge in [-0.05, 0) is 84.8 Å². The molecule has 0 amide bonds. The summed E-state index contributed by atoms with van der Waals surface area (Å²) in [6.07, 6.45) is 0. The predicted octanol–water partition coefficient (Wildman–Crippen LogP) is 12.5. The van der Waals surface area contributed by atoms with Crippen LogP contribution in [0.1, 0.15) is 52.8 Å². The zero-order chi connectivity index (χ0) is 35.2. The normalized spacial score (nSPS) is 16.7. The Labute approximate surface area is 307 Å². The van der Waals surface area contributed by atoms with Crippen LogP contribution in [-0.4, -0.2) is 4.57 Å². The first-order chi connectivity index (χ1) is 26.0. The summed E-state index contributed by atoms with van der Waals surface area (Å²) in [4.78, 5) is 0. The van der Waals surface area contributed by atoms with Crippen molar-refractivity contribution in [1.29, 1.82) is 5.26 Å². The third kappa shape index (κ3) is 3.31. The number of para-hydroxylation sites is 2. The summed E-state index contributed by atoms with van der Waals surface area (Å²) in [6, 6.07) is 60.9. The Morgan fingerprint density at radius 2 is 1.09 bits per heavy atom. The number of hydrogen-bond acceptors (Lipinski definition) is 1. The van der Waals surface area contributed by atoms with Gasteiger partial charge in [0.05, 0.1) is 33.8 Å². The Morgan fingerprint density at radius 3 is 1.94 bits per heavy atom. The van der Waals surface area contributed by atoms with E-state index in [4.69, 9.17) is 0 Å². The van der Waals surface area contributed by atoms with Gasteiger partial charge in [-0.15, -0.1) is 0 Å². The minimum Gasteiger partial charge on any atom is -0.308 e. The monoisotopic (exact) mass is 672 g/mol. The molecule has 0 radical (unpaired) electrons. The Morgan fingerprint density at radius 1 is 0.453 bits per heavy atom. The minimum atomic E-state index is -0.537. The third-order valence-electron chi connectivity index (χ3n) is 12.8. The van der Waals surface area contributed by atoms with Crippen molar-refractivity contribution in [2.45, 2.75) is 24.7 Å². The number of benzene rings is 8. The van der Waals surface area contributed by atoms with Crippen molar-refractivity contribution in [3.8, 4) is 45.1 Å². The maximum atomic E-state index is 9.96. The first kappa shape index (κ1) is 28.9. The summed E-state index contributed by atoms with van der Waals surface area (Å²) in [5, 5.41) is 14.6. The van der Waals surface area contributed by atoms with Crippen molar-refractivity contribution < 1.29 is 0 Å². The van der Waals surface area contributed by atoms with Crippen LogP contribution in [0.25, 0.3) is 71.6 Å². The Bertz CT molecular complexity index is 3170. The molecule has 1 atom stereocenters. The van der Waals surface area contributed by atoms with Gasteiger partial charge in [-0.1, -0.05) is 153 Å². The first-order valence-electron chi connectivity index (χ1n) is 18.5. The Hall–Kier alpha value is -6.69. The van der Waals surface area contributed by atoms with Gasteiger partial charge in [0.25, 0.3) is 0 Å². The molecule has 0 saturated carbocycles. The number of nitrogens with zero attached hydrogens (tertiary/aromatic N) is 2. The van der Waals surface area contributed by atoms with Crippen LogP contribution < -0.4 is 0 Å². The van der Waals surface area contributed by atoms with Crippen molar-refractivity contribution in [3.63, 3.8) is 0 Å². The Kier molecular flexibility index (Phi) is 5.35. The number of rotatable bonds is 1. The van der Waals surface area contributed by atoms with Crippen molar-refractivity contribution in [3.05, 3.63) is 197 Å². The van der Waals surface area contributed by atoms with Gasteiger partial charge < -0.3 is 4.57 Å². The molecule has 2 heteroatoms. The molecule has 8 aromatic carbocycles. The Balaban J connectivity index is 1.24. The second kappa shape index (κ2) is 9.79. The van der Waals surface area contributed by atoms with E-state index in [0.717, 1.165) is 21.9 Å². The van der Waals surface area contributed by atoms with E-state index in [1.165, 1.54) is 83.1 Å². The second-order valence-electron chi connectivity index (χ2n) is 15.5. The standard InChI is InChI=1S/C51H32N2/c1-50(2)40-17-7-6-15-39(40)47-43(50)27-26-38-37-16-11-20-44-48(37)53(49(38)47)46-21-10-9-19-42(46)51(44)41-18-8-5-14-35(41)36-25-22-30(28-45(36)51)33-24-23-31(29-52)32-12-3-4-13-34(32)33/h3-28H,1-2H3. The lowest BCUT2D eigenvalue weighted by Crippen LogP contribution is -2.33. The van der Waals surface area contributed by atoms with Gasteiger partial charge in [-0.2, -0.15) is 5.26 Å². The topological polar surface area (TPSA) is 28.7 Å². The number of hydrogen-bond donors (Lipinski definition) is 0. The quantitative estimate of drug-likeness (QED) is 0.171. The second-order valence-corrected chi connectivity index (χ2v) is 15.5. The van der Waals surface area contributed by atoms with Crippen LogP contribution in [0.5, 0.6) is 0 Å². The van der Waals surface area contributed by atoms with Crippen LogP contribution in [0, 0.1) is 11.3 Å². The molecule has 0 N–H and O–H groups in total. The summed E-state index contributed by atoms with van der Waals surface area (Å²) in [6.45, 7) is 4.75. The average molecular weight is 673 g/mol. The van der Waals surface area contributed by atoms with E-state index in [9.17, 15) is 5.26 Å². The van der Waals surface area contributed by atoms with E-state index in [1.807, 2.05) is 12.1 Å². The van der Waals surface area contributed by atoms with Crippen LogP contribution in [0.4, 0.5) is 0 Å². The number of nitriles is 1. The summed E-state index contributed by atoms with van der Waals surface area (Å²) >= 11 is 0. The van der Waals surface area contributed by atoms with E-state index in [0.29, 0.717) is 5.56 Å². The third-order valence-corrected chi connectivity index (χ3v) is 12.8. The molecule has 9 aromatic rings. The van der Waals surface area contributed by atoms with Crippen molar-refractivity contribution in [2.24, 2.45) is 0 Å². The van der Waals surface area contributed by atoms with Crippen molar-refractivity contribution >= 4 is 32.6 Å². The summed E-state index contributed by atoms with van der Waals surface area (Å²) in [5.41, 5.74) is 19.5. The average Bonchev–Trinajstić information content (AvgIpc) is 3.78. The molecular formula is C51H32N2. The lowest BCUT2D eigenvalue weighted by atomic mass is 9.65. The molecule has 2 nitrogen and oxygen atoms in total. The lowest BCUT2D eigenvalue weighted by molar-refractivity contribution is 0.660. The van der Waals surface area contributed by atoms with Crippen molar-refractivity contribution in [2.75, 3.05) is 0 Å². The summed E-state index contributed by atoms with van der Waals surface area (Å²) < 4.78 is 2.61. The van der Waals surface area contributed by atoms with E-state index in [1.54, 1.807) is 0 Å². The van der Waals surface area contributed by atoms with E-state index < -0.39 is 5.41 Å². The number of fused-ring (bicyclic) bond motifs is 17. The smallest absolute Gasteiger partial charge is 0.0998 e. The highest BCUT2D eigenvalue weighted by Crippen LogP contribution is 2.62. The van der Waals surface area contributed by atoms with Crippen LogP contribution in [0.15, 0.2) is 158 Å². The van der Waals surface area contributed by atoms with Crippen LogP contribution in [0.3, 0.4) is 0 Å². The van der Waals surface area contributed by atoms with Crippen LogP contribution in [-0.2, 0) is 10.8 Å². The molecule has 0 bridgehead atoms. The molecule has 12 rings (SSSR count). The van der Waals surface area contributed by atoms with Gasteiger partial charge in [0.2, 0.25) is 0 Å². The van der Waals surface area contributed by atoms with Crippen molar-refractivity contribution in [1.82, 2.24) is 4.57 Å². The van der Waals surface area contributed by atoms with Gasteiger partial charge in [0.1, 0.15) is 0 Å². The highest BCUT2D eigenvalue weighted by Gasteiger charge is 2.51. The highest BCUT2D eigenvalue weighted by molar-refractivity contribution is 6.18. The largest absolute Gasteiger partial charge is 0.308 e. The molecule has 0 saturated heterocycles. The van der Waals surface area contributed by atoms with E-state index in [2.05, 4.69) is 170 Å². The van der Waals surface area contributed by atoms with Gasteiger partial charge in [0.15, 0.2) is 0 Å². The fourth-order valence-corrected chi connectivity index (χ4v) is 10.7. The minimum absolute atomic E-state index is 0.0928. The summed E-state index contributed by atoms with van der Waals surface area (Å²) in [7, 11) is 0. The molecule has 1 spiro atoms. The lowest BCUT2D eigenvalue weighted by Gasteiger charge is -2.39. The maximum absolute atomic E-state index is 9.96. The highest BCUT2D eigenvalue weighted by atomic mass is 15.0. The molecular weight excluding hydrogens is 641 g/mol. The van der Waals surface area contributed by atoms with Gasteiger partial charge in [0, 0.05) is 27.1 Å². The number of aromatic nitrogens is 1. The molecule has 2 aliphatic carbocycles. The molecule has 1 aliphatic heterocycles. The van der Waals surface area contributed by atoms with Gasteiger partial charge in [-0.3, -0.25) is 0 Å². The maximum Gasteiger partial charge on any atom is 0.0998 e. The molecule has 3 aliphatic rings. The van der Waals surface area contributed by atoms with Crippen LogP contribution in [0.2, 0.25) is 0 Å². The fraction of sp³-hybridized carbons (Fsp3) is 0.0784. The molecule has 53 heavy (non-hydrogen) atoms. The predicted molar refractivity (Wildman–Crippen MR) is 217 cm³/mol. The zero-order valence-corrected chi connectivity index (χ0v) is 29.4. The molecule has 1 aromatic heterocycles.